The SMILES string of the molecule is CCC(NC(=O)c1ccnc(Cl)c1)c1ccc(OC)cc1. The Bertz CT molecular complexity index is 614. The fourth-order valence-electron chi connectivity index (χ4n) is 2.04. The summed E-state index contributed by atoms with van der Waals surface area (Å²) in [5, 5.41) is 3.30. The van der Waals surface area contributed by atoms with Gasteiger partial charge in [0.15, 0.2) is 0 Å². The molecule has 1 atom stereocenters. The molecule has 0 radical (unpaired) electrons. The maximum Gasteiger partial charge on any atom is 0.251 e. The van der Waals surface area contributed by atoms with Crippen LogP contribution < -0.4 is 10.1 Å². The van der Waals surface area contributed by atoms with Crippen molar-refractivity contribution in [1.29, 1.82) is 0 Å². The third-order valence-corrected chi connectivity index (χ3v) is 3.43. The summed E-state index contributed by atoms with van der Waals surface area (Å²) in [4.78, 5) is 16.1. The van der Waals surface area contributed by atoms with Crippen molar-refractivity contribution < 1.29 is 9.53 Å². The number of benzene rings is 1. The Morgan fingerprint density at radius 3 is 2.62 bits per heavy atom. The van der Waals surface area contributed by atoms with Gasteiger partial charge in [-0.25, -0.2) is 4.98 Å². The number of aromatic nitrogens is 1. The van der Waals surface area contributed by atoms with Crippen molar-refractivity contribution in [1.82, 2.24) is 10.3 Å². The van der Waals surface area contributed by atoms with Crippen molar-refractivity contribution in [2.75, 3.05) is 7.11 Å². The van der Waals surface area contributed by atoms with E-state index in [-0.39, 0.29) is 11.9 Å². The molecule has 0 bridgehead atoms. The average Bonchev–Trinajstić information content (AvgIpc) is 2.52. The van der Waals surface area contributed by atoms with Crippen molar-refractivity contribution in [2.24, 2.45) is 0 Å². The number of hydrogen-bond acceptors (Lipinski definition) is 3. The second-order valence-corrected chi connectivity index (χ2v) is 4.96. The molecule has 1 heterocycles. The lowest BCUT2D eigenvalue weighted by molar-refractivity contribution is 0.0935. The second-order valence-electron chi connectivity index (χ2n) is 4.57. The highest BCUT2D eigenvalue weighted by Gasteiger charge is 2.14. The predicted molar refractivity (Wildman–Crippen MR) is 82.7 cm³/mol. The molecule has 0 aliphatic carbocycles. The van der Waals surface area contributed by atoms with E-state index in [1.165, 1.54) is 6.20 Å². The second kappa shape index (κ2) is 7.09. The van der Waals surface area contributed by atoms with Gasteiger partial charge in [0.05, 0.1) is 13.2 Å². The summed E-state index contributed by atoms with van der Waals surface area (Å²) in [6, 6.07) is 10.8. The lowest BCUT2D eigenvalue weighted by Crippen LogP contribution is -2.28. The first kappa shape index (κ1) is 15.3. The normalized spacial score (nSPS) is 11.8. The minimum absolute atomic E-state index is 0.0599. The zero-order valence-electron chi connectivity index (χ0n) is 12.0. The Balaban J connectivity index is 2.12. The molecule has 0 saturated carbocycles. The lowest BCUT2D eigenvalue weighted by atomic mass is 10.0. The van der Waals surface area contributed by atoms with E-state index in [0.717, 1.165) is 17.7 Å². The molecule has 0 aliphatic heterocycles. The maximum atomic E-state index is 12.2. The topological polar surface area (TPSA) is 51.2 Å². The summed E-state index contributed by atoms with van der Waals surface area (Å²) in [5.41, 5.74) is 1.54. The highest BCUT2D eigenvalue weighted by molar-refractivity contribution is 6.29. The first-order chi connectivity index (χ1) is 10.1. The van der Waals surface area contributed by atoms with Gasteiger partial charge in [-0.3, -0.25) is 4.79 Å². The van der Waals surface area contributed by atoms with Crippen molar-refractivity contribution in [3.63, 3.8) is 0 Å². The molecule has 5 heteroatoms. The van der Waals surface area contributed by atoms with Gasteiger partial charge in [0.1, 0.15) is 10.9 Å². The van der Waals surface area contributed by atoms with Crippen LogP contribution in [0.3, 0.4) is 0 Å². The van der Waals surface area contributed by atoms with Crippen LogP contribution in [-0.4, -0.2) is 18.0 Å². The quantitative estimate of drug-likeness (QED) is 0.858. The third kappa shape index (κ3) is 3.95. The minimum Gasteiger partial charge on any atom is -0.497 e. The standard InChI is InChI=1S/C16H17ClN2O2/c1-3-14(11-4-6-13(21-2)7-5-11)19-16(20)12-8-9-18-15(17)10-12/h4-10,14H,3H2,1-2H3,(H,19,20). The van der Waals surface area contributed by atoms with Crippen LogP contribution in [0, 0.1) is 0 Å². The van der Waals surface area contributed by atoms with E-state index in [1.807, 2.05) is 31.2 Å². The number of rotatable bonds is 5. The smallest absolute Gasteiger partial charge is 0.251 e. The Hall–Kier alpha value is -2.07. The molecule has 0 fully saturated rings. The summed E-state index contributed by atoms with van der Waals surface area (Å²) in [7, 11) is 1.63. The van der Waals surface area contributed by atoms with E-state index in [2.05, 4.69) is 10.3 Å². The van der Waals surface area contributed by atoms with Gasteiger partial charge < -0.3 is 10.1 Å². The zero-order chi connectivity index (χ0) is 15.2. The van der Waals surface area contributed by atoms with Gasteiger partial charge in [-0.2, -0.15) is 0 Å². The highest BCUT2D eigenvalue weighted by atomic mass is 35.5. The molecular formula is C16H17ClN2O2. The fraction of sp³-hybridized carbons (Fsp3) is 0.250. The van der Waals surface area contributed by atoms with Crippen LogP contribution in [0.4, 0.5) is 0 Å². The molecule has 110 valence electrons. The summed E-state index contributed by atoms with van der Waals surface area (Å²) in [6.45, 7) is 2.02. The first-order valence-corrected chi connectivity index (χ1v) is 7.08. The number of pyridine rings is 1. The van der Waals surface area contributed by atoms with Gasteiger partial charge in [-0.05, 0) is 36.2 Å². The molecule has 1 aromatic heterocycles. The van der Waals surface area contributed by atoms with Gasteiger partial charge in [-0.15, -0.1) is 0 Å². The van der Waals surface area contributed by atoms with Gasteiger partial charge in [0, 0.05) is 11.8 Å². The molecule has 0 saturated heterocycles. The largest absolute Gasteiger partial charge is 0.497 e. The van der Waals surface area contributed by atoms with Gasteiger partial charge in [0.2, 0.25) is 0 Å². The van der Waals surface area contributed by atoms with Crippen molar-refractivity contribution in [3.8, 4) is 5.75 Å². The van der Waals surface area contributed by atoms with E-state index in [0.29, 0.717) is 10.7 Å². The van der Waals surface area contributed by atoms with Gasteiger partial charge in [-0.1, -0.05) is 30.7 Å². The van der Waals surface area contributed by atoms with Crippen LogP contribution in [0.2, 0.25) is 5.15 Å². The number of nitrogens with one attached hydrogen (secondary N) is 1. The van der Waals surface area contributed by atoms with Crippen molar-refractivity contribution >= 4 is 17.5 Å². The number of carbonyl (C=O) groups is 1. The van der Waals surface area contributed by atoms with E-state index >= 15 is 0 Å². The third-order valence-electron chi connectivity index (χ3n) is 3.22. The fourth-order valence-corrected chi connectivity index (χ4v) is 2.22. The molecule has 4 nitrogen and oxygen atoms in total. The lowest BCUT2D eigenvalue weighted by Gasteiger charge is -2.18. The highest BCUT2D eigenvalue weighted by Crippen LogP contribution is 2.20. The number of carbonyl (C=O) groups excluding carboxylic acids is 1. The number of nitrogens with zero attached hydrogens (tertiary/aromatic N) is 1. The number of hydrogen-bond donors (Lipinski definition) is 1. The van der Waals surface area contributed by atoms with Crippen LogP contribution in [-0.2, 0) is 0 Å². The summed E-state index contributed by atoms with van der Waals surface area (Å²) < 4.78 is 5.14. The van der Waals surface area contributed by atoms with Crippen LogP contribution in [0.25, 0.3) is 0 Å². The zero-order valence-corrected chi connectivity index (χ0v) is 12.7. The van der Waals surface area contributed by atoms with Crippen LogP contribution in [0.1, 0.15) is 35.3 Å². The molecule has 2 rings (SSSR count). The van der Waals surface area contributed by atoms with Crippen LogP contribution in [0.15, 0.2) is 42.6 Å². The van der Waals surface area contributed by atoms with Crippen molar-refractivity contribution in [3.05, 3.63) is 58.9 Å². The Morgan fingerprint density at radius 1 is 1.33 bits per heavy atom. The van der Waals surface area contributed by atoms with Gasteiger partial charge in [0.25, 0.3) is 5.91 Å². The molecule has 0 aliphatic rings. The van der Waals surface area contributed by atoms with E-state index in [1.54, 1.807) is 19.2 Å². The van der Waals surface area contributed by atoms with Gasteiger partial charge >= 0.3 is 0 Å². The maximum absolute atomic E-state index is 12.2. The van der Waals surface area contributed by atoms with E-state index in [9.17, 15) is 4.79 Å². The van der Waals surface area contributed by atoms with E-state index in [4.69, 9.17) is 16.3 Å². The monoisotopic (exact) mass is 304 g/mol. The molecule has 2 aromatic rings. The first-order valence-electron chi connectivity index (χ1n) is 6.70. The van der Waals surface area contributed by atoms with E-state index < -0.39 is 0 Å². The molecule has 1 amide bonds. The number of halogens is 1. The molecule has 0 spiro atoms. The predicted octanol–water partition coefficient (Wildman–Crippen LogP) is 3.62. The Kier molecular flexibility index (Phi) is 5.17. The molecule has 1 aromatic carbocycles. The van der Waals surface area contributed by atoms with Crippen LogP contribution >= 0.6 is 11.6 Å². The average molecular weight is 305 g/mol. The summed E-state index contributed by atoms with van der Waals surface area (Å²) in [6.07, 6.45) is 2.31. The molecule has 1 N–H and O–H groups in total. The molecular weight excluding hydrogens is 288 g/mol. The summed E-state index contributed by atoms with van der Waals surface area (Å²) >= 11 is 5.80. The number of methoxy groups -OCH3 is 1. The molecule has 1 unspecified atom stereocenters. The molecule has 21 heavy (non-hydrogen) atoms. The summed E-state index contributed by atoms with van der Waals surface area (Å²) in [5.74, 6) is 0.628. The van der Waals surface area contributed by atoms with Crippen LogP contribution in [0.5, 0.6) is 5.75 Å². The number of ether oxygens (including phenoxy) is 1. The Labute approximate surface area is 129 Å². The Morgan fingerprint density at radius 2 is 2.05 bits per heavy atom. The number of amides is 1. The minimum atomic E-state index is -0.165. The van der Waals surface area contributed by atoms with Crippen molar-refractivity contribution in [2.45, 2.75) is 19.4 Å².